The Morgan fingerprint density at radius 2 is 1.00 bits per heavy atom. The van der Waals surface area contributed by atoms with Crippen molar-refractivity contribution in [1.29, 1.82) is 0 Å². The van der Waals surface area contributed by atoms with Crippen LogP contribution in [0.5, 0.6) is 0 Å². The zero-order chi connectivity index (χ0) is 45.7. The van der Waals surface area contributed by atoms with Crippen molar-refractivity contribution in [3.63, 3.8) is 0 Å². The second-order valence-corrected chi connectivity index (χ2v) is 15.5. The number of hydrogen-bond acceptors (Lipinski definition) is 27. The van der Waals surface area contributed by atoms with E-state index in [9.17, 15) is 91.3 Å². The lowest BCUT2D eigenvalue weighted by atomic mass is 9.95. The number of carboxylic acids is 2. The largest absolute Gasteiger partial charge is 0.479 e. The Hall–Kier alpha value is -2.06. The smallest absolute Gasteiger partial charge is 0.364 e. The zero-order valence-corrected chi connectivity index (χ0v) is 32.2. The summed E-state index contributed by atoms with van der Waals surface area (Å²) in [6.45, 7) is -2.74. The van der Waals surface area contributed by atoms with E-state index in [4.69, 9.17) is 52.1 Å². The number of carbonyl (C=O) groups is 2. The van der Waals surface area contributed by atoms with Crippen LogP contribution < -0.4 is 0 Å². The molecule has 6 aliphatic heterocycles. The fourth-order valence-electron chi connectivity index (χ4n) is 7.80. The Labute approximate surface area is 348 Å². The summed E-state index contributed by atoms with van der Waals surface area (Å²) < 4.78 is 61.7. The average Bonchev–Trinajstić information content (AvgIpc) is 3.62. The zero-order valence-electron chi connectivity index (χ0n) is 32.2. The molecule has 0 aromatic carbocycles. The van der Waals surface area contributed by atoms with Gasteiger partial charge in [0.1, 0.15) is 116 Å². The normalized spacial score (nSPS) is 52.3. The van der Waals surface area contributed by atoms with E-state index in [0.29, 0.717) is 0 Å². The van der Waals surface area contributed by atoms with Crippen LogP contribution in [0.3, 0.4) is 0 Å². The molecule has 6 saturated heterocycles. The minimum Gasteiger partial charge on any atom is -0.479 e. The molecule has 6 aliphatic rings. The first-order chi connectivity index (χ1) is 29.2. The van der Waals surface area contributed by atoms with E-state index < -0.39 is 198 Å². The van der Waals surface area contributed by atoms with Crippen molar-refractivity contribution in [1.82, 2.24) is 0 Å². The summed E-state index contributed by atoms with van der Waals surface area (Å²) in [6, 6.07) is 0. The third-order valence-corrected chi connectivity index (χ3v) is 11.3. The number of aliphatic hydroxyl groups excluding tert-OH is 14. The van der Waals surface area contributed by atoms with E-state index in [1.807, 2.05) is 0 Å². The van der Waals surface area contributed by atoms with Gasteiger partial charge in [-0.05, 0) is 0 Å². The quantitative estimate of drug-likeness (QED) is 0.0769. The third-order valence-electron chi connectivity index (χ3n) is 11.3. The highest BCUT2D eigenvalue weighted by atomic mass is 16.8. The number of fused-ring (bicyclic) bond motifs is 1. The maximum absolute atomic E-state index is 11.9. The molecule has 26 atom stereocenters. The molecule has 0 aromatic rings. The Morgan fingerprint density at radius 3 is 1.60 bits per heavy atom. The molecule has 0 aromatic heterocycles. The summed E-state index contributed by atoms with van der Waals surface area (Å²) >= 11 is 0. The first-order valence-electron chi connectivity index (χ1n) is 19.2. The minimum atomic E-state index is -2.35. The molecule has 6 fully saturated rings. The first kappa shape index (κ1) is 49.4. The van der Waals surface area contributed by atoms with Gasteiger partial charge in [0.2, 0.25) is 0 Å². The molecule has 0 aliphatic carbocycles. The molecule has 0 radical (unpaired) electrons. The predicted molar refractivity (Wildman–Crippen MR) is 181 cm³/mol. The number of rotatable bonds is 14. The van der Waals surface area contributed by atoms with Gasteiger partial charge in [-0.3, -0.25) is 0 Å². The summed E-state index contributed by atoms with van der Waals surface area (Å²) in [5, 5.41) is 167. The summed E-state index contributed by atoms with van der Waals surface area (Å²) in [4.78, 5) is 23.8. The molecule has 0 spiro atoms. The van der Waals surface area contributed by atoms with E-state index in [-0.39, 0.29) is 0 Å². The Kier molecular flexibility index (Phi) is 15.8. The molecule has 29 heteroatoms. The highest BCUT2D eigenvalue weighted by molar-refractivity contribution is 5.75. The molecule has 0 bridgehead atoms. The van der Waals surface area contributed by atoms with Crippen LogP contribution in [-0.4, -0.2) is 279 Å². The van der Waals surface area contributed by atoms with Gasteiger partial charge in [0.05, 0.1) is 26.4 Å². The van der Waals surface area contributed by atoms with E-state index in [0.717, 1.165) is 6.92 Å². The van der Waals surface area contributed by atoms with Crippen molar-refractivity contribution in [2.75, 3.05) is 26.4 Å². The van der Waals surface area contributed by atoms with Gasteiger partial charge in [-0.2, -0.15) is 0 Å². The van der Waals surface area contributed by atoms with Crippen molar-refractivity contribution in [3.8, 4) is 0 Å². The maximum atomic E-state index is 11.9. The van der Waals surface area contributed by atoms with Gasteiger partial charge in [0, 0.05) is 6.92 Å². The van der Waals surface area contributed by atoms with Crippen molar-refractivity contribution >= 4 is 11.9 Å². The third kappa shape index (κ3) is 9.46. The molecule has 2 unspecified atom stereocenters. The fourth-order valence-corrected chi connectivity index (χ4v) is 7.80. The van der Waals surface area contributed by atoms with Gasteiger partial charge in [0.15, 0.2) is 37.6 Å². The first-order valence-corrected chi connectivity index (χ1v) is 19.2. The Morgan fingerprint density at radius 1 is 0.484 bits per heavy atom. The highest BCUT2D eigenvalue weighted by Gasteiger charge is 2.61. The average molecular weight is 913 g/mol. The molecule has 0 amide bonds. The van der Waals surface area contributed by atoms with Gasteiger partial charge in [-0.1, -0.05) is 0 Å². The lowest BCUT2D eigenvalue weighted by molar-refractivity contribution is -0.400. The van der Waals surface area contributed by atoms with Crippen molar-refractivity contribution < 1.29 is 143 Å². The Bertz CT molecular complexity index is 1510. The molecule has 358 valence electrons. The number of aliphatic hydroxyl groups is 14. The molecule has 62 heavy (non-hydrogen) atoms. The second-order valence-electron chi connectivity index (χ2n) is 15.5. The van der Waals surface area contributed by atoms with E-state index in [2.05, 4.69) is 0 Å². The molecule has 0 saturated carbocycles. The van der Waals surface area contributed by atoms with Crippen LogP contribution >= 0.6 is 0 Å². The minimum absolute atomic E-state index is 0.840. The van der Waals surface area contributed by atoms with E-state index >= 15 is 0 Å². The number of carboxylic acid groups (broad SMARTS) is 2. The van der Waals surface area contributed by atoms with Gasteiger partial charge in [-0.25, -0.2) is 9.59 Å². The monoisotopic (exact) mass is 912 g/mol. The highest BCUT2D eigenvalue weighted by Crippen LogP contribution is 2.40. The molecule has 6 rings (SSSR count). The fraction of sp³-hybridized carbons (Fsp3) is 0.939. The molecule has 16 N–H and O–H groups in total. The van der Waals surface area contributed by atoms with Gasteiger partial charge in [-0.15, -0.1) is 0 Å². The van der Waals surface area contributed by atoms with Gasteiger partial charge in [0.25, 0.3) is 5.79 Å². The summed E-state index contributed by atoms with van der Waals surface area (Å²) in [5.41, 5.74) is 0. The number of hydrogen-bond donors (Lipinski definition) is 16. The predicted octanol–water partition coefficient (Wildman–Crippen LogP) is -11.0. The summed E-state index contributed by atoms with van der Waals surface area (Å²) in [5.74, 6) is -5.78. The van der Waals surface area contributed by atoms with Crippen LogP contribution in [0.4, 0.5) is 0 Å². The summed E-state index contributed by atoms with van der Waals surface area (Å²) in [6.07, 6.45) is -49.8. The van der Waals surface area contributed by atoms with Crippen molar-refractivity contribution in [2.45, 2.75) is 166 Å². The van der Waals surface area contributed by atoms with Gasteiger partial charge < -0.3 is 134 Å². The van der Waals surface area contributed by atoms with Crippen LogP contribution in [0, 0.1) is 0 Å². The summed E-state index contributed by atoms with van der Waals surface area (Å²) in [7, 11) is 0. The molecule has 6 heterocycles. The van der Waals surface area contributed by atoms with E-state index in [1.165, 1.54) is 0 Å². The molecular weight excluding hydrogens is 860 g/mol. The van der Waals surface area contributed by atoms with E-state index in [1.54, 1.807) is 0 Å². The standard InChI is InChI=1S/C33H52O29/c1-33(32(50)51)61-22-8(4-36)55-28(19(46)24(22)62-33)52-5-9-21(58-29-16(43)11(38)10(37)6(2-34)54-29)23(59-30-17(44)12(39)13(40)25(60-30)26(47)48)18(45)31(56-9)57-20-7(3-35)53-27(49)15(42)14(20)41/h6-25,27-31,34-46,49H,2-5H2,1H3,(H,47,48)(H,50,51)/t6-,7-,8-,9-,10-,11+,12+,13+,14-,15+,16-,17-,18+,19-,20-,21-,22+,23-,24-,25+,27?,28-,29+,30-,31+,33?/m1/s1. The van der Waals surface area contributed by atoms with Crippen LogP contribution in [0.2, 0.25) is 0 Å². The van der Waals surface area contributed by atoms with Crippen molar-refractivity contribution in [2.24, 2.45) is 0 Å². The Balaban J connectivity index is 1.37. The second kappa shape index (κ2) is 19.8. The van der Waals surface area contributed by atoms with Crippen molar-refractivity contribution in [3.05, 3.63) is 0 Å². The SMILES string of the molecule is CC1(C(=O)O)O[C@@H]2[C@@H](O)[C@H](OC[C@H]3O[C@@H](O[C@H]4[C@H](O)[C@H](O)C(O)O[C@@H]4CO)[C@@H](O)[C@@H](O[C@@H]4O[C@H](C(=O)O)[C@@H](O)[C@H](O)[C@H]4O)[C@@H]3O[C@@H]3O[C@H](CO)[C@@H](O)[C@H](O)[C@H]3O)O[C@H](CO)[C@@H]2O1. The lowest BCUT2D eigenvalue weighted by Gasteiger charge is -2.50. The lowest BCUT2D eigenvalue weighted by Crippen LogP contribution is -2.69. The van der Waals surface area contributed by atoms with Gasteiger partial charge >= 0.3 is 11.9 Å². The topological polar surface area (TPSA) is 459 Å². The number of aliphatic carboxylic acids is 2. The number of ether oxygens (including phenoxy) is 11. The van der Waals surface area contributed by atoms with Crippen LogP contribution in [0.1, 0.15) is 6.92 Å². The maximum Gasteiger partial charge on any atom is 0.364 e. The van der Waals surface area contributed by atoms with Crippen LogP contribution in [0.25, 0.3) is 0 Å². The van der Waals surface area contributed by atoms with Crippen LogP contribution in [0.15, 0.2) is 0 Å². The molecular formula is C33H52O29. The molecule has 29 nitrogen and oxygen atoms in total. The van der Waals surface area contributed by atoms with Crippen LogP contribution in [-0.2, 0) is 61.7 Å².